The lowest BCUT2D eigenvalue weighted by atomic mass is 9.60. The SMILES string of the molecule is CC(=NO)C(=O)N1CCC2(CC1)CC(Nc1cc(C(=O)NC[C@H](O)CN3CCc4ccccc4C3)ncn1)C2. The molecule has 2 fully saturated rings. The molecule has 1 atom stereocenters. The van der Waals surface area contributed by atoms with Crippen LogP contribution in [-0.4, -0.2) is 92.5 Å². The second-order valence-electron chi connectivity index (χ2n) is 11.1. The number of oxime groups is 1. The number of likely N-dealkylation sites (tertiary alicyclic amines) is 1. The van der Waals surface area contributed by atoms with Crippen LogP contribution in [0.25, 0.3) is 0 Å². The second-order valence-corrected chi connectivity index (χ2v) is 11.1. The van der Waals surface area contributed by atoms with E-state index in [-0.39, 0.29) is 41.2 Å². The van der Waals surface area contributed by atoms with Gasteiger partial charge in [-0.1, -0.05) is 29.4 Å². The van der Waals surface area contributed by atoms with Crippen LogP contribution in [0.3, 0.4) is 0 Å². The van der Waals surface area contributed by atoms with E-state index in [0.717, 1.165) is 45.2 Å². The monoisotopic (exact) mass is 535 g/mol. The van der Waals surface area contributed by atoms with Crippen LogP contribution in [0, 0.1) is 5.41 Å². The summed E-state index contributed by atoms with van der Waals surface area (Å²) in [5.74, 6) is 0.0511. The number of carbonyl (C=O) groups is 2. The van der Waals surface area contributed by atoms with E-state index in [1.165, 1.54) is 24.4 Å². The Hall–Kier alpha value is -3.57. The molecule has 3 aliphatic rings. The molecule has 0 unspecified atom stereocenters. The molecule has 1 aromatic heterocycles. The quantitative estimate of drug-likeness (QED) is 0.227. The summed E-state index contributed by atoms with van der Waals surface area (Å²) in [7, 11) is 0. The molecular weight excluding hydrogens is 498 g/mol. The molecule has 1 saturated carbocycles. The molecule has 2 aromatic rings. The number of aromatic nitrogens is 2. The van der Waals surface area contributed by atoms with Gasteiger partial charge >= 0.3 is 0 Å². The van der Waals surface area contributed by atoms with E-state index in [2.05, 4.69) is 48.9 Å². The lowest BCUT2D eigenvalue weighted by Gasteiger charge is -2.52. The zero-order chi connectivity index (χ0) is 27.4. The van der Waals surface area contributed by atoms with Gasteiger partial charge in [0, 0.05) is 51.4 Å². The minimum Gasteiger partial charge on any atom is -0.410 e. The van der Waals surface area contributed by atoms with Crippen molar-refractivity contribution >= 4 is 23.3 Å². The topological polar surface area (TPSA) is 143 Å². The van der Waals surface area contributed by atoms with Gasteiger partial charge in [0.15, 0.2) is 0 Å². The number of fused-ring (bicyclic) bond motifs is 1. The smallest absolute Gasteiger partial charge is 0.271 e. The van der Waals surface area contributed by atoms with Crippen molar-refractivity contribution in [3.8, 4) is 0 Å². The van der Waals surface area contributed by atoms with E-state index in [1.807, 2.05) is 6.07 Å². The van der Waals surface area contributed by atoms with Crippen molar-refractivity contribution < 1.29 is 19.9 Å². The van der Waals surface area contributed by atoms with Crippen LogP contribution in [0.5, 0.6) is 0 Å². The van der Waals surface area contributed by atoms with Crippen molar-refractivity contribution in [3.05, 3.63) is 53.5 Å². The molecule has 39 heavy (non-hydrogen) atoms. The molecule has 1 saturated heterocycles. The number of aliphatic hydroxyl groups excluding tert-OH is 1. The number of amides is 2. The van der Waals surface area contributed by atoms with Gasteiger partial charge in [-0.25, -0.2) is 9.97 Å². The van der Waals surface area contributed by atoms with E-state index in [1.54, 1.807) is 11.0 Å². The van der Waals surface area contributed by atoms with E-state index in [9.17, 15) is 14.7 Å². The summed E-state index contributed by atoms with van der Waals surface area (Å²) >= 11 is 0. The number of nitrogens with one attached hydrogen (secondary N) is 2. The molecule has 2 aliphatic heterocycles. The maximum absolute atomic E-state index is 12.7. The van der Waals surface area contributed by atoms with E-state index in [4.69, 9.17) is 5.21 Å². The highest BCUT2D eigenvalue weighted by molar-refractivity contribution is 6.37. The molecule has 0 radical (unpaired) electrons. The molecule has 5 rings (SSSR count). The number of anilines is 1. The summed E-state index contributed by atoms with van der Waals surface area (Å²) < 4.78 is 0. The van der Waals surface area contributed by atoms with Crippen molar-refractivity contribution in [2.75, 3.05) is 38.0 Å². The fraction of sp³-hybridized carbons (Fsp3) is 0.536. The van der Waals surface area contributed by atoms with Gasteiger partial charge in [-0.05, 0) is 55.6 Å². The summed E-state index contributed by atoms with van der Waals surface area (Å²) in [6.07, 6.45) is 5.44. The highest BCUT2D eigenvalue weighted by Crippen LogP contribution is 2.49. The van der Waals surface area contributed by atoms with Gasteiger partial charge < -0.3 is 25.8 Å². The Kier molecular flexibility index (Phi) is 8.08. The molecule has 3 heterocycles. The highest BCUT2D eigenvalue weighted by Gasteiger charge is 2.46. The number of aliphatic hydroxyl groups is 1. The molecule has 0 bridgehead atoms. The van der Waals surface area contributed by atoms with Crippen LogP contribution in [-0.2, 0) is 17.8 Å². The summed E-state index contributed by atoms with van der Waals surface area (Å²) in [6.45, 7) is 5.18. The summed E-state index contributed by atoms with van der Waals surface area (Å²) in [5, 5.41) is 28.6. The largest absolute Gasteiger partial charge is 0.410 e. The van der Waals surface area contributed by atoms with Crippen LogP contribution >= 0.6 is 0 Å². The first kappa shape index (κ1) is 27.0. The Morgan fingerprint density at radius 2 is 1.90 bits per heavy atom. The number of hydrogen-bond acceptors (Lipinski definition) is 9. The third-order valence-corrected chi connectivity index (χ3v) is 8.36. The van der Waals surface area contributed by atoms with Crippen molar-refractivity contribution in [2.24, 2.45) is 10.6 Å². The predicted octanol–water partition coefficient (Wildman–Crippen LogP) is 1.66. The number of rotatable bonds is 8. The van der Waals surface area contributed by atoms with Crippen LogP contribution < -0.4 is 10.6 Å². The highest BCUT2D eigenvalue weighted by atomic mass is 16.4. The van der Waals surface area contributed by atoms with Crippen LogP contribution in [0.1, 0.15) is 54.2 Å². The van der Waals surface area contributed by atoms with E-state index in [0.29, 0.717) is 25.5 Å². The fourth-order valence-electron chi connectivity index (χ4n) is 6.09. The summed E-state index contributed by atoms with van der Waals surface area (Å²) in [6, 6.07) is 10.3. The molecule has 208 valence electrons. The molecule has 1 aromatic carbocycles. The number of carbonyl (C=O) groups excluding carboxylic acids is 2. The molecule has 11 heteroatoms. The zero-order valence-corrected chi connectivity index (χ0v) is 22.3. The van der Waals surface area contributed by atoms with E-state index >= 15 is 0 Å². The standard InChI is InChI=1S/C28H37N7O4/c1-19(33-39)27(38)35-10-7-28(8-11-35)13-22(14-28)32-25-12-24(30-18-31-25)26(37)29-15-23(36)17-34-9-6-20-4-2-3-5-21(20)16-34/h2-5,12,18,22-23,36,39H,6-11,13-17H2,1H3,(H,29,37)(H,30,31,32)/t23-/m0/s1. The minimum atomic E-state index is -0.675. The number of piperidine rings is 1. The third kappa shape index (κ3) is 6.36. The van der Waals surface area contributed by atoms with Gasteiger partial charge in [-0.15, -0.1) is 0 Å². The second kappa shape index (κ2) is 11.7. The Balaban J connectivity index is 1.05. The average Bonchev–Trinajstić information content (AvgIpc) is 2.94. The molecular formula is C28H37N7O4. The lowest BCUT2D eigenvalue weighted by Crippen LogP contribution is -2.53. The number of hydrogen-bond donors (Lipinski definition) is 4. The molecule has 1 spiro atoms. The Morgan fingerprint density at radius 3 is 2.64 bits per heavy atom. The van der Waals surface area contributed by atoms with Crippen molar-refractivity contribution in [1.82, 2.24) is 25.1 Å². The van der Waals surface area contributed by atoms with Gasteiger partial charge in [-0.2, -0.15) is 0 Å². The van der Waals surface area contributed by atoms with Crippen LogP contribution in [0.2, 0.25) is 0 Å². The van der Waals surface area contributed by atoms with Crippen molar-refractivity contribution in [1.29, 1.82) is 0 Å². The number of nitrogens with zero attached hydrogens (tertiary/aromatic N) is 5. The van der Waals surface area contributed by atoms with Gasteiger partial charge in [0.1, 0.15) is 23.6 Å². The third-order valence-electron chi connectivity index (χ3n) is 8.36. The van der Waals surface area contributed by atoms with Gasteiger partial charge in [0.25, 0.3) is 11.8 Å². The maximum atomic E-state index is 12.7. The normalized spacial score (nSPS) is 20.2. The fourth-order valence-corrected chi connectivity index (χ4v) is 6.09. The maximum Gasteiger partial charge on any atom is 0.271 e. The number of benzene rings is 1. The Labute approximate surface area is 228 Å². The van der Waals surface area contributed by atoms with Crippen molar-refractivity contribution in [2.45, 2.75) is 57.7 Å². The average molecular weight is 536 g/mol. The van der Waals surface area contributed by atoms with Gasteiger partial charge in [0.05, 0.1) is 6.10 Å². The van der Waals surface area contributed by atoms with Crippen molar-refractivity contribution in [3.63, 3.8) is 0 Å². The van der Waals surface area contributed by atoms with Crippen LogP contribution in [0.15, 0.2) is 41.8 Å². The molecule has 1 aliphatic carbocycles. The molecule has 4 N–H and O–H groups in total. The summed E-state index contributed by atoms with van der Waals surface area (Å²) in [4.78, 5) is 37.3. The van der Waals surface area contributed by atoms with E-state index < -0.39 is 6.10 Å². The van der Waals surface area contributed by atoms with Gasteiger partial charge in [-0.3, -0.25) is 14.5 Å². The Bertz CT molecular complexity index is 1220. The van der Waals surface area contributed by atoms with Gasteiger partial charge in [0.2, 0.25) is 0 Å². The minimum absolute atomic E-state index is 0.116. The lowest BCUT2D eigenvalue weighted by molar-refractivity contribution is -0.127. The van der Waals surface area contributed by atoms with Crippen LogP contribution in [0.4, 0.5) is 5.82 Å². The first-order valence-corrected chi connectivity index (χ1v) is 13.7. The first-order chi connectivity index (χ1) is 18.8. The molecule has 11 nitrogen and oxygen atoms in total. The Morgan fingerprint density at radius 1 is 1.15 bits per heavy atom. The predicted molar refractivity (Wildman–Crippen MR) is 146 cm³/mol. The number of β-amino-alcohol motifs (C(OH)–C–C–N with tert-alkyl or cyclic N) is 1. The zero-order valence-electron chi connectivity index (χ0n) is 22.3. The first-order valence-electron chi connectivity index (χ1n) is 13.7. The molecule has 2 amide bonds. The summed E-state index contributed by atoms with van der Waals surface area (Å²) in [5.41, 5.74) is 3.24.